The van der Waals surface area contributed by atoms with E-state index >= 15 is 0 Å². The maximum absolute atomic E-state index is 13.1. The van der Waals surface area contributed by atoms with Gasteiger partial charge in [0.1, 0.15) is 12.2 Å². The molecule has 4 nitrogen and oxygen atoms in total. The third-order valence-electron chi connectivity index (χ3n) is 4.22. The van der Waals surface area contributed by atoms with Gasteiger partial charge in [-0.1, -0.05) is 39.0 Å². The lowest BCUT2D eigenvalue weighted by Crippen LogP contribution is -2.50. The summed E-state index contributed by atoms with van der Waals surface area (Å²) in [5.74, 6) is 0.845. The number of amides is 2. The summed E-state index contributed by atoms with van der Waals surface area (Å²) in [6.45, 7) is 6.22. The second-order valence-corrected chi connectivity index (χ2v) is 8.05. The zero-order valence-corrected chi connectivity index (χ0v) is 15.4. The van der Waals surface area contributed by atoms with Gasteiger partial charge in [0.05, 0.1) is 0 Å². The Morgan fingerprint density at radius 2 is 1.83 bits per heavy atom. The van der Waals surface area contributed by atoms with Crippen LogP contribution in [0.3, 0.4) is 0 Å². The highest BCUT2D eigenvalue weighted by Gasteiger charge is 2.50. The Balaban J connectivity index is 2.42. The van der Waals surface area contributed by atoms with Gasteiger partial charge in [-0.3, -0.25) is 9.59 Å². The molecule has 126 valence electrons. The predicted molar refractivity (Wildman–Crippen MR) is 95.4 cm³/mol. The van der Waals surface area contributed by atoms with Gasteiger partial charge in [-0.15, -0.1) is 0 Å². The zero-order chi connectivity index (χ0) is 17.2. The first-order valence-electron chi connectivity index (χ1n) is 7.92. The van der Waals surface area contributed by atoms with Gasteiger partial charge in [-0.2, -0.15) is 11.8 Å². The van der Waals surface area contributed by atoms with E-state index in [1.54, 1.807) is 21.6 Å². The van der Waals surface area contributed by atoms with Crippen LogP contribution < -0.4 is 0 Å². The van der Waals surface area contributed by atoms with Crippen molar-refractivity contribution >= 4 is 23.6 Å². The number of thioether (sulfide) groups is 1. The van der Waals surface area contributed by atoms with Gasteiger partial charge >= 0.3 is 0 Å². The van der Waals surface area contributed by atoms with Crippen LogP contribution in [0.4, 0.5) is 0 Å². The molecule has 1 aliphatic heterocycles. The van der Waals surface area contributed by atoms with Crippen molar-refractivity contribution in [3.05, 3.63) is 35.9 Å². The van der Waals surface area contributed by atoms with Crippen molar-refractivity contribution in [2.24, 2.45) is 5.41 Å². The summed E-state index contributed by atoms with van der Waals surface area (Å²) in [7, 11) is 1.81. The van der Waals surface area contributed by atoms with Crippen molar-refractivity contribution in [3.63, 3.8) is 0 Å². The smallest absolute Gasteiger partial charge is 0.256 e. The quantitative estimate of drug-likeness (QED) is 0.849. The first-order chi connectivity index (χ1) is 10.8. The number of hydrogen-bond donors (Lipinski definition) is 0. The molecule has 2 unspecified atom stereocenters. The first kappa shape index (κ1) is 17.9. The largest absolute Gasteiger partial charge is 0.323 e. The second kappa shape index (κ2) is 6.95. The molecule has 1 fully saturated rings. The molecule has 0 aromatic heterocycles. The van der Waals surface area contributed by atoms with E-state index in [0.29, 0.717) is 12.0 Å². The Labute approximate surface area is 143 Å². The third kappa shape index (κ3) is 3.55. The molecule has 0 bridgehead atoms. The van der Waals surface area contributed by atoms with Crippen molar-refractivity contribution in [1.82, 2.24) is 9.80 Å². The summed E-state index contributed by atoms with van der Waals surface area (Å²) >= 11 is 1.70. The van der Waals surface area contributed by atoms with Gasteiger partial charge in [-0.25, -0.2) is 0 Å². The standard InChI is InChI=1S/C18H26N2O2S/c1-18(2,3)17-19(4)16(22)14(11-12-23-5)20(17)15(21)13-9-7-6-8-10-13/h6-10,14,17H,11-12H2,1-5H3. The topological polar surface area (TPSA) is 40.6 Å². The molecule has 0 aliphatic carbocycles. The van der Waals surface area contributed by atoms with Gasteiger partial charge in [0, 0.05) is 18.0 Å². The molecule has 2 atom stereocenters. The summed E-state index contributed by atoms with van der Waals surface area (Å²) in [5, 5.41) is 0. The van der Waals surface area contributed by atoms with Crippen LogP contribution >= 0.6 is 11.8 Å². The van der Waals surface area contributed by atoms with Crippen molar-refractivity contribution in [2.75, 3.05) is 19.1 Å². The van der Waals surface area contributed by atoms with Crippen molar-refractivity contribution < 1.29 is 9.59 Å². The Hall–Kier alpha value is -1.49. The number of rotatable bonds is 4. The maximum Gasteiger partial charge on any atom is 0.256 e. The Morgan fingerprint density at radius 3 is 2.35 bits per heavy atom. The minimum Gasteiger partial charge on any atom is -0.323 e. The van der Waals surface area contributed by atoms with Gasteiger partial charge in [0.15, 0.2) is 0 Å². The molecular formula is C18H26N2O2S. The monoisotopic (exact) mass is 334 g/mol. The number of likely N-dealkylation sites (N-methyl/N-ethyl adjacent to an activating group) is 1. The van der Waals surface area contributed by atoms with Crippen LogP contribution in [0.2, 0.25) is 0 Å². The Morgan fingerprint density at radius 1 is 1.22 bits per heavy atom. The fourth-order valence-corrected chi connectivity index (χ4v) is 3.76. The average Bonchev–Trinajstić information content (AvgIpc) is 2.77. The van der Waals surface area contributed by atoms with E-state index in [-0.39, 0.29) is 29.4 Å². The number of benzene rings is 1. The van der Waals surface area contributed by atoms with Crippen LogP contribution in [0.25, 0.3) is 0 Å². The molecule has 1 aliphatic rings. The number of nitrogens with zero attached hydrogens (tertiary/aromatic N) is 2. The highest BCUT2D eigenvalue weighted by molar-refractivity contribution is 7.98. The molecule has 0 radical (unpaired) electrons. The zero-order valence-electron chi connectivity index (χ0n) is 14.6. The molecule has 1 aromatic carbocycles. The lowest BCUT2D eigenvalue weighted by Gasteiger charge is -2.39. The van der Waals surface area contributed by atoms with E-state index < -0.39 is 0 Å². The minimum atomic E-state index is -0.371. The lowest BCUT2D eigenvalue weighted by molar-refractivity contribution is -0.129. The summed E-state index contributed by atoms with van der Waals surface area (Å²) < 4.78 is 0. The van der Waals surface area contributed by atoms with Crippen molar-refractivity contribution in [2.45, 2.75) is 39.4 Å². The molecule has 5 heteroatoms. The molecule has 0 spiro atoms. The second-order valence-electron chi connectivity index (χ2n) is 7.06. The highest BCUT2D eigenvalue weighted by atomic mass is 32.2. The van der Waals surface area contributed by atoms with Crippen molar-refractivity contribution in [3.8, 4) is 0 Å². The molecule has 23 heavy (non-hydrogen) atoms. The molecule has 1 heterocycles. The molecule has 0 N–H and O–H groups in total. The lowest BCUT2D eigenvalue weighted by atomic mass is 9.90. The highest BCUT2D eigenvalue weighted by Crippen LogP contribution is 2.36. The molecule has 1 saturated heterocycles. The van der Waals surface area contributed by atoms with Crippen LogP contribution in [-0.4, -0.2) is 52.9 Å². The van der Waals surface area contributed by atoms with E-state index in [0.717, 1.165) is 5.75 Å². The fraction of sp³-hybridized carbons (Fsp3) is 0.556. The van der Waals surface area contributed by atoms with Crippen LogP contribution in [0.1, 0.15) is 37.6 Å². The summed E-state index contributed by atoms with van der Waals surface area (Å²) in [4.78, 5) is 29.4. The minimum absolute atomic E-state index is 0.0447. The maximum atomic E-state index is 13.1. The van der Waals surface area contributed by atoms with Gasteiger partial charge < -0.3 is 9.80 Å². The summed E-state index contributed by atoms with van der Waals surface area (Å²) in [5.41, 5.74) is 0.433. The first-order valence-corrected chi connectivity index (χ1v) is 9.31. The van der Waals surface area contributed by atoms with E-state index in [4.69, 9.17) is 0 Å². The number of hydrogen-bond acceptors (Lipinski definition) is 3. The van der Waals surface area contributed by atoms with Crippen LogP contribution in [0.5, 0.6) is 0 Å². The Kier molecular flexibility index (Phi) is 5.40. The number of carbonyl (C=O) groups is 2. The molecule has 2 amide bonds. The number of carbonyl (C=O) groups excluding carboxylic acids is 2. The van der Waals surface area contributed by atoms with Crippen molar-refractivity contribution in [1.29, 1.82) is 0 Å². The molecule has 1 aromatic rings. The van der Waals surface area contributed by atoms with E-state index in [1.165, 1.54) is 0 Å². The predicted octanol–water partition coefficient (Wildman–Crippen LogP) is 3.09. The average molecular weight is 334 g/mol. The summed E-state index contributed by atoms with van der Waals surface area (Å²) in [6.07, 6.45) is 2.48. The molecule has 2 rings (SSSR count). The van der Waals surface area contributed by atoms with E-state index in [9.17, 15) is 9.59 Å². The molecular weight excluding hydrogens is 308 g/mol. The van der Waals surface area contributed by atoms with Gasteiger partial charge in [0.2, 0.25) is 5.91 Å². The summed E-state index contributed by atoms with van der Waals surface area (Å²) in [6, 6.07) is 8.87. The third-order valence-corrected chi connectivity index (χ3v) is 4.87. The van der Waals surface area contributed by atoms with Crippen LogP contribution in [0, 0.1) is 5.41 Å². The van der Waals surface area contributed by atoms with E-state index in [2.05, 4.69) is 20.8 Å². The van der Waals surface area contributed by atoms with Gasteiger partial charge in [-0.05, 0) is 30.6 Å². The normalized spacial score (nSPS) is 21.9. The SMILES string of the molecule is CSCCC1C(=O)N(C)C(C(C)(C)C)N1C(=O)c1ccccc1. The molecule has 0 saturated carbocycles. The van der Waals surface area contributed by atoms with Gasteiger partial charge in [0.25, 0.3) is 5.91 Å². The van der Waals surface area contributed by atoms with Crippen LogP contribution in [0.15, 0.2) is 30.3 Å². The fourth-order valence-electron chi connectivity index (χ4n) is 3.30. The van der Waals surface area contributed by atoms with Crippen LogP contribution in [-0.2, 0) is 4.79 Å². The van der Waals surface area contributed by atoms with E-state index in [1.807, 2.05) is 43.6 Å². The Bertz CT molecular complexity index is 568.